The first kappa shape index (κ1) is 22.3. The number of aromatic nitrogens is 2. The van der Waals surface area contributed by atoms with Crippen molar-refractivity contribution in [1.29, 1.82) is 0 Å². The van der Waals surface area contributed by atoms with E-state index in [0.717, 1.165) is 4.90 Å². The van der Waals surface area contributed by atoms with Gasteiger partial charge in [0.15, 0.2) is 9.84 Å². The molecule has 7 nitrogen and oxygen atoms in total. The fraction of sp³-hybridized carbons (Fsp3) is 0.250. The fourth-order valence-corrected chi connectivity index (χ4v) is 4.52. The van der Waals surface area contributed by atoms with Crippen LogP contribution in [-0.2, 0) is 14.6 Å². The zero-order chi connectivity index (χ0) is 21.7. The molecule has 1 amide bonds. The average Bonchev–Trinajstić information content (AvgIpc) is 3.18. The summed E-state index contributed by atoms with van der Waals surface area (Å²) in [6, 6.07) is 13.6. The molecule has 0 radical (unpaired) electrons. The lowest BCUT2D eigenvalue weighted by molar-refractivity contribution is -0.115. The second kappa shape index (κ2) is 9.63. The van der Waals surface area contributed by atoms with Crippen LogP contribution in [0.4, 0.5) is 6.01 Å². The van der Waals surface area contributed by atoms with Gasteiger partial charge >= 0.3 is 6.01 Å². The van der Waals surface area contributed by atoms with Crippen LogP contribution >= 0.6 is 23.4 Å². The standard InChI is InChI=1S/C20H20ClN3O4S2/c1-13(2)30(26,27)17-5-3-4-14(12-17)19-23-24-20(28-19)22-18(25)10-11-29-16-8-6-15(21)7-9-16/h3-9,12-13H,10-11H2,1-2H3,(H,22,24,25). The summed E-state index contributed by atoms with van der Waals surface area (Å²) in [7, 11) is -3.42. The SMILES string of the molecule is CC(C)S(=O)(=O)c1cccc(-c2nnc(NC(=O)CCSc3ccc(Cl)cc3)o2)c1. The zero-order valence-electron chi connectivity index (χ0n) is 16.3. The van der Waals surface area contributed by atoms with Crippen molar-refractivity contribution >= 4 is 45.1 Å². The summed E-state index contributed by atoms with van der Waals surface area (Å²) in [6.07, 6.45) is 0.257. The minimum absolute atomic E-state index is 0.0383. The molecule has 0 aliphatic heterocycles. The monoisotopic (exact) mass is 465 g/mol. The van der Waals surface area contributed by atoms with Gasteiger partial charge in [0.2, 0.25) is 11.8 Å². The highest BCUT2D eigenvalue weighted by Gasteiger charge is 2.20. The molecule has 0 bridgehead atoms. The van der Waals surface area contributed by atoms with Crippen molar-refractivity contribution in [3.05, 3.63) is 53.6 Å². The molecule has 10 heteroatoms. The number of amides is 1. The van der Waals surface area contributed by atoms with Crippen molar-refractivity contribution in [1.82, 2.24) is 10.2 Å². The van der Waals surface area contributed by atoms with E-state index in [1.165, 1.54) is 23.9 Å². The summed E-state index contributed by atoms with van der Waals surface area (Å²) >= 11 is 7.38. The first-order chi connectivity index (χ1) is 14.3. The first-order valence-electron chi connectivity index (χ1n) is 9.12. The molecule has 1 heterocycles. The van der Waals surface area contributed by atoms with E-state index in [1.807, 2.05) is 12.1 Å². The average molecular weight is 466 g/mol. The number of carbonyl (C=O) groups excluding carboxylic acids is 1. The van der Waals surface area contributed by atoms with Crippen molar-refractivity contribution in [2.75, 3.05) is 11.1 Å². The van der Waals surface area contributed by atoms with E-state index in [1.54, 1.807) is 38.1 Å². The minimum Gasteiger partial charge on any atom is -0.403 e. The normalized spacial score (nSPS) is 11.6. The van der Waals surface area contributed by atoms with Crippen LogP contribution in [0.5, 0.6) is 0 Å². The van der Waals surface area contributed by atoms with Crippen molar-refractivity contribution in [3.8, 4) is 11.5 Å². The van der Waals surface area contributed by atoms with Gasteiger partial charge in [-0.15, -0.1) is 16.9 Å². The van der Waals surface area contributed by atoms with Gasteiger partial charge in [0.1, 0.15) is 0 Å². The summed E-state index contributed by atoms with van der Waals surface area (Å²) in [5.41, 5.74) is 0.461. The zero-order valence-corrected chi connectivity index (χ0v) is 18.7. The first-order valence-corrected chi connectivity index (χ1v) is 12.0. The van der Waals surface area contributed by atoms with Crippen LogP contribution in [0.25, 0.3) is 11.5 Å². The fourth-order valence-electron chi connectivity index (χ4n) is 2.44. The van der Waals surface area contributed by atoms with Crippen LogP contribution in [-0.4, -0.2) is 35.5 Å². The van der Waals surface area contributed by atoms with Gasteiger partial charge in [0, 0.05) is 27.7 Å². The third-order valence-corrected chi connectivity index (χ3v) is 7.53. The Morgan fingerprint density at radius 1 is 1.17 bits per heavy atom. The molecule has 2 aromatic carbocycles. The maximum Gasteiger partial charge on any atom is 0.322 e. The molecular weight excluding hydrogens is 446 g/mol. The molecular formula is C20H20ClN3O4S2. The van der Waals surface area contributed by atoms with Gasteiger partial charge in [0.25, 0.3) is 0 Å². The van der Waals surface area contributed by atoms with Gasteiger partial charge < -0.3 is 4.42 Å². The van der Waals surface area contributed by atoms with E-state index < -0.39 is 15.1 Å². The number of nitrogens with one attached hydrogen (secondary N) is 1. The van der Waals surface area contributed by atoms with Crippen molar-refractivity contribution in [2.24, 2.45) is 0 Å². The van der Waals surface area contributed by atoms with Gasteiger partial charge in [-0.25, -0.2) is 8.42 Å². The summed E-state index contributed by atoms with van der Waals surface area (Å²) in [5.74, 6) is 0.438. The Hall–Kier alpha value is -2.36. The van der Waals surface area contributed by atoms with Gasteiger partial charge in [-0.1, -0.05) is 22.8 Å². The quantitative estimate of drug-likeness (QED) is 0.481. The molecule has 0 aliphatic carbocycles. The number of benzene rings is 2. The van der Waals surface area contributed by atoms with Gasteiger partial charge in [-0.2, -0.15) is 0 Å². The topological polar surface area (TPSA) is 102 Å². The number of hydrogen-bond acceptors (Lipinski definition) is 7. The lowest BCUT2D eigenvalue weighted by Gasteiger charge is -2.08. The molecule has 0 atom stereocenters. The minimum atomic E-state index is -3.42. The Balaban J connectivity index is 1.60. The van der Waals surface area contributed by atoms with E-state index >= 15 is 0 Å². The Morgan fingerprint density at radius 2 is 1.90 bits per heavy atom. The molecule has 3 rings (SSSR count). The number of sulfone groups is 1. The van der Waals surface area contributed by atoms with Gasteiger partial charge in [-0.05, 0) is 56.3 Å². The van der Waals surface area contributed by atoms with Crippen LogP contribution in [0, 0.1) is 0 Å². The number of anilines is 1. The predicted molar refractivity (Wildman–Crippen MR) is 117 cm³/mol. The lowest BCUT2D eigenvalue weighted by Crippen LogP contribution is -2.13. The van der Waals surface area contributed by atoms with Gasteiger partial charge in [-0.3, -0.25) is 10.1 Å². The van der Waals surface area contributed by atoms with Crippen molar-refractivity contribution < 1.29 is 17.6 Å². The predicted octanol–water partition coefficient (Wildman–Crippen LogP) is 4.69. The summed E-state index contributed by atoms with van der Waals surface area (Å²) in [5, 5.41) is 10.4. The smallest absolute Gasteiger partial charge is 0.322 e. The highest BCUT2D eigenvalue weighted by molar-refractivity contribution is 7.99. The Labute approximate surface area is 184 Å². The molecule has 0 saturated carbocycles. The molecule has 0 spiro atoms. The molecule has 0 aliphatic rings. The second-order valence-corrected chi connectivity index (χ2v) is 10.7. The highest BCUT2D eigenvalue weighted by atomic mass is 35.5. The number of hydrogen-bond donors (Lipinski definition) is 1. The Bertz CT molecular complexity index is 1130. The number of halogens is 1. The van der Waals surface area contributed by atoms with Crippen LogP contribution in [0.1, 0.15) is 20.3 Å². The molecule has 1 aromatic heterocycles. The summed E-state index contributed by atoms with van der Waals surface area (Å²) in [6.45, 7) is 3.24. The lowest BCUT2D eigenvalue weighted by atomic mass is 10.2. The van der Waals surface area contributed by atoms with Crippen LogP contribution in [0.15, 0.2) is 62.7 Å². The van der Waals surface area contributed by atoms with Crippen LogP contribution in [0.3, 0.4) is 0 Å². The van der Waals surface area contributed by atoms with Crippen molar-refractivity contribution in [3.63, 3.8) is 0 Å². The third-order valence-electron chi connectivity index (χ3n) is 4.11. The van der Waals surface area contributed by atoms with E-state index in [0.29, 0.717) is 16.3 Å². The van der Waals surface area contributed by atoms with E-state index in [4.69, 9.17) is 16.0 Å². The van der Waals surface area contributed by atoms with Crippen LogP contribution in [0.2, 0.25) is 5.02 Å². The number of carbonyl (C=O) groups is 1. The molecule has 0 fully saturated rings. The molecule has 0 unspecified atom stereocenters. The summed E-state index contributed by atoms with van der Waals surface area (Å²) < 4.78 is 30.2. The number of thioether (sulfide) groups is 1. The van der Waals surface area contributed by atoms with Crippen LogP contribution < -0.4 is 5.32 Å². The Kier molecular flexibility index (Phi) is 7.17. The number of rotatable bonds is 8. The third kappa shape index (κ3) is 5.62. The van der Waals surface area contributed by atoms with Gasteiger partial charge in [0.05, 0.1) is 10.1 Å². The summed E-state index contributed by atoms with van der Waals surface area (Å²) in [4.78, 5) is 13.3. The highest BCUT2D eigenvalue weighted by Crippen LogP contribution is 2.25. The maximum atomic E-state index is 12.4. The molecule has 30 heavy (non-hydrogen) atoms. The van der Waals surface area contributed by atoms with E-state index in [2.05, 4.69) is 15.5 Å². The second-order valence-electron chi connectivity index (χ2n) is 6.63. The van der Waals surface area contributed by atoms with E-state index in [-0.39, 0.29) is 29.1 Å². The largest absolute Gasteiger partial charge is 0.403 e. The molecule has 0 saturated heterocycles. The van der Waals surface area contributed by atoms with E-state index in [9.17, 15) is 13.2 Å². The molecule has 158 valence electrons. The number of nitrogens with zero attached hydrogens (tertiary/aromatic N) is 2. The molecule has 3 aromatic rings. The van der Waals surface area contributed by atoms with Crippen molar-refractivity contribution in [2.45, 2.75) is 35.3 Å². The maximum absolute atomic E-state index is 12.4. The Morgan fingerprint density at radius 3 is 2.60 bits per heavy atom. The molecule has 1 N–H and O–H groups in total.